The summed E-state index contributed by atoms with van der Waals surface area (Å²) < 4.78 is 5.35. The molecule has 0 saturated carbocycles. The molecule has 0 radical (unpaired) electrons. The maximum absolute atomic E-state index is 5.61. The van der Waals surface area contributed by atoms with E-state index in [0.29, 0.717) is 5.69 Å². The van der Waals surface area contributed by atoms with Crippen molar-refractivity contribution < 1.29 is 4.74 Å². The van der Waals surface area contributed by atoms with E-state index in [1.807, 2.05) is 18.2 Å². The lowest BCUT2D eigenvalue weighted by molar-refractivity contribution is 0.411. The lowest BCUT2D eigenvalue weighted by atomic mass is 10.1. The Kier molecular flexibility index (Phi) is 4.10. The van der Waals surface area contributed by atoms with Gasteiger partial charge in [-0.3, -0.25) is 0 Å². The molecule has 0 spiro atoms. The number of methoxy groups -OCH3 is 1. The summed E-state index contributed by atoms with van der Waals surface area (Å²) in [7, 11) is 1.69. The van der Waals surface area contributed by atoms with E-state index in [1.54, 1.807) is 25.1 Å². The van der Waals surface area contributed by atoms with Crippen molar-refractivity contribution in [3.63, 3.8) is 0 Å². The highest BCUT2D eigenvalue weighted by Gasteiger charge is 2.04. The maximum Gasteiger partial charge on any atom is 0.122 e. The van der Waals surface area contributed by atoms with Gasteiger partial charge in [-0.05, 0) is 25.1 Å². The summed E-state index contributed by atoms with van der Waals surface area (Å²) in [5.41, 5.74) is 8.71. The molecule has 4 heteroatoms. The summed E-state index contributed by atoms with van der Waals surface area (Å²) in [6.45, 7) is 2.08. The molecule has 0 fully saturated rings. The van der Waals surface area contributed by atoms with E-state index in [4.69, 9.17) is 10.5 Å². The fourth-order valence-electron chi connectivity index (χ4n) is 1.65. The molecule has 2 N–H and O–H groups in total. The Bertz CT molecular complexity index is 526. The molecule has 0 bridgehead atoms. The second-order valence-corrected chi connectivity index (χ2v) is 5.03. The number of hydrogen-bond acceptors (Lipinski definition) is 4. The average molecular weight is 260 g/mol. The van der Waals surface area contributed by atoms with Gasteiger partial charge in [0.15, 0.2) is 0 Å². The molecule has 0 amide bonds. The van der Waals surface area contributed by atoms with Gasteiger partial charge in [0.2, 0.25) is 0 Å². The largest absolute Gasteiger partial charge is 0.496 e. The minimum atomic E-state index is 0.687. The van der Waals surface area contributed by atoms with Crippen LogP contribution in [0.5, 0.6) is 5.75 Å². The van der Waals surface area contributed by atoms with Crippen molar-refractivity contribution in [3.8, 4) is 5.75 Å². The van der Waals surface area contributed by atoms with Crippen molar-refractivity contribution in [3.05, 3.63) is 47.7 Å². The van der Waals surface area contributed by atoms with Gasteiger partial charge in [0.25, 0.3) is 0 Å². The van der Waals surface area contributed by atoms with E-state index in [-0.39, 0.29) is 0 Å². The van der Waals surface area contributed by atoms with E-state index in [9.17, 15) is 0 Å². The molecule has 0 aliphatic carbocycles. The zero-order chi connectivity index (χ0) is 13.0. The zero-order valence-electron chi connectivity index (χ0n) is 10.5. The highest BCUT2D eigenvalue weighted by atomic mass is 32.2. The summed E-state index contributed by atoms with van der Waals surface area (Å²) in [5, 5.41) is 0.966. The van der Waals surface area contributed by atoms with Crippen LogP contribution >= 0.6 is 11.8 Å². The Hall–Kier alpha value is -1.68. The number of nitrogens with two attached hydrogens (primary N) is 1. The smallest absolute Gasteiger partial charge is 0.122 e. The number of nitrogen functional groups attached to an aromatic ring is 1. The molecule has 1 aromatic carbocycles. The van der Waals surface area contributed by atoms with E-state index < -0.39 is 0 Å². The predicted molar refractivity (Wildman–Crippen MR) is 75.9 cm³/mol. The van der Waals surface area contributed by atoms with Gasteiger partial charge in [0.05, 0.1) is 24.0 Å². The highest BCUT2D eigenvalue weighted by Crippen LogP contribution is 2.27. The van der Waals surface area contributed by atoms with Gasteiger partial charge in [-0.1, -0.05) is 17.7 Å². The lowest BCUT2D eigenvalue weighted by Crippen LogP contribution is -1.92. The van der Waals surface area contributed by atoms with Crippen LogP contribution in [0.25, 0.3) is 0 Å². The topological polar surface area (TPSA) is 48.1 Å². The van der Waals surface area contributed by atoms with Crippen LogP contribution in [0.3, 0.4) is 0 Å². The van der Waals surface area contributed by atoms with Crippen LogP contribution in [0, 0.1) is 6.92 Å². The number of hydrogen-bond donors (Lipinski definition) is 1. The Morgan fingerprint density at radius 2 is 2.11 bits per heavy atom. The number of ether oxygens (including phenoxy) is 1. The maximum atomic E-state index is 5.61. The monoisotopic (exact) mass is 260 g/mol. The van der Waals surface area contributed by atoms with Crippen LogP contribution in [-0.4, -0.2) is 12.1 Å². The molecule has 1 heterocycles. The third-order valence-corrected chi connectivity index (χ3v) is 3.56. The third-order valence-electron chi connectivity index (χ3n) is 2.57. The zero-order valence-corrected chi connectivity index (χ0v) is 11.3. The Balaban J connectivity index is 2.09. The molecule has 18 heavy (non-hydrogen) atoms. The molecule has 0 atom stereocenters. The second-order valence-electron chi connectivity index (χ2n) is 4.03. The predicted octanol–water partition coefficient (Wildman–Crippen LogP) is 3.27. The van der Waals surface area contributed by atoms with Crippen LogP contribution in [0.1, 0.15) is 11.1 Å². The van der Waals surface area contributed by atoms with Crippen molar-refractivity contribution in [2.24, 2.45) is 0 Å². The number of benzene rings is 1. The van der Waals surface area contributed by atoms with Gasteiger partial charge in [-0.2, -0.15) is 0 Å². The molecule has 0 unspecified atom stereocenters. The fraction of sp³-hybridized carbons (Fsp3) is 0.214. The first kappa shape index (κ1) is 12.8. The first-order chi connectivity index (χ1) is 8.69. The molecule has 2 aromatic rings. The number of aromatic nitrogens is 1. The van der Waals surface area contributed by atoms with Crippen LogP contribution in [-0.2, 0) is 5.75 Å². The molecule has 2 rings (SSSR count). The minimum absolute atomic E-state index is 0.687. The van der Waals surface area contributed by atoms with E-state index in [0.717, 1.165) is 16.5 Å². The SMILES string of the molecule is COc1ccc(C)cc1CSc1ccc(N)cn1. The van der Waals surface area contributed by atoms with Crippen LogP contribution in [0.15, 0.2) is 41.6 Å². The molecule has 0 aliphatic rings. The van der Waals surface area contributed by atoms with Gasteiger partial charge in [-0.25, -0.2) is 4.98 Å². The van der Waals surface area contributed by atoms with Gasteiger partial charge in [0, 0.05) is 11.3 Å². The normalized spacial score (nSPS) is 10.3. The summed E-state index contributed by atoms with van der Waals surface area (Å²) >= 11 is 1.67. The third kappa shape index (κ3) is 3.17. The van der Waals surface area contributed by atoms with Gasteiger partial charge < -0.3 is 10.5 Å². The number of anilines is 1. The Morgan fingerprint density at radius 1 is 1.28 bits per heavy atom. The number of aryl methyl sites for hydroxylation is 1. The number of pyridine rings is 1. The average Bonchev–Trinajstić information content (AvgIpc) is 2.38. The van der Waals surface area contributed by atoms with Gasteiger partial charge in [0.1, 0.15) is 5.75 Å². The lowest BCUT2D eigenvalue weighted by Gasteiger charge is -2.09. The summed E-state index contributed by atoms with van der Waals surface area (Å²) in [6.07, 6.45) is 1.68. The highest BCUT2D eigenvalue weighted by molar-refractivity contribution is 7.98. The summed E-state index contributed by atoms with van der Waals surface area (Å²) in [4.78, 5) is 4.27. The van der Waals surface area contributed by atoms with Crippen LogP contribution < -0.4 is 10.5 Å². The van der Waals surface area contributed by atoms with E-state index in [1.165, 1.54) is 11.1 Å². The molecule has 94 valence electrons. The number of nitrogens with zero attached hydrogens (tertiary/aromatic N) is 1. The quantitative estimate of drug-likeness (QED) is 0.857. The van der Waals surface area contributed by atoms with E-state index >= 15 is 0 Å². The first-order valence-electron chi connectivity index (χ1n) is 5.67. The molecule has 1 aromatic heterocycles. The summed E-state index contributed by atoms with van der Waals surface area (Å²) in [5.74, 6) is 1.76. The van der Waals surface area contributed by atoms with Crippen LogP contribution in [0.4, 0.5) is 5.69 Å². The number of rotatable bonds is 4. The molecule has 0 aliphatic heterocycles. The van der Waals surface area contributed by atoms with Gasteiger partial charge in [-0.15, -0.1) is 11.8 Å². The standard InChI is InChI=1S/C14H16N2OS/c1-10-3-5-13(17-2)11(7-10)9-18-14-6-4-12(15)8-16-14/h3-8H,9,15H2,1-2H3. The van der Waals surface area contributed by atoms with Crippen molar-refractivity contribution in [2.45, 2.75) is 17.7 Å². The van der Waals surface area contributed by atoms with Crippen molar-refractivity contribution in [1.29, 1.82) is 0 Å². The fourth-order valence-corrected chi connectivity index (χ4v) is 2.47. The Labute approximate surface area is 111 Å². The summed E-state index contributed by atoms with van der Waals surface area (Å²) in [6, 6.07) is 9.99. The van der Waals surface area contributed by atoms with Crippen LogP contribution in [0.2, 0.25) is 0 Å². The van der Waals surface area contributed by atoms with E-state index in [2.05, 4.69) is 24.0 Å². The van der Waals surface area contributed by atoms with Crippen molar-refractivity contribution in [1.82, 2.24) is 4.98 Å². The Morgan fingerprint density at radius 3 is 2.78 bits per heavy atom. The molecular weight excluding hydrogens is 244 g/mol. The molecule has 0 saturated heterocycles. The first-order valence-corrected chi connectivity index (χ1v) is 6.65. The van der Waals surface area contributed by atoms with Crippen molar-refractivity contribution in [2.75, 3.05) is 12.8 Å². The molecule has 3 nitrogen and oxygen atoms in total. The van der Waals surface area contributed by atoms with Gasteiger partial charge >= 0.3 is 0 Å². The minimum Gasteiger partial charge on any atom is -0.496 e. The number of thioether (sulfide) groups is 1. The molecular formula is C14H16N2OS. The van der Waals surface area contributed by atoms with Crippen molar-refractivity contribution >= 4 is 17.4 Å². The second kappa shape index (κ2) is 5.78.